The van der Waals surface area contributed by atoms with Gasteiger partial charge >= 0.3 is 0 Å². The van der Waals surface area contributed by atoms with Gasteiger partial charge in [0.2, 0.25) is 0 Å². The fraction of sp³-hybridized carbons (Fsp3) is 0.500. The van der Waals surface area contributed by atoms with Crippen molar-refractivity contribution in [1.82, 2.24) is 15.2 Å². The summed E-state index contributed by atoms with van der Waals surface area (Å²) in [6.45, 7) is 4.02. The van der Waals surface area contributed by atoms with Gasteiger partial charge in [-0.05, 0) is 6.42 Å². The molecule has 1 saturated heterocycles. The van der Waals surface area contributed by atoms with E-state index in [1.165, 1.54) is 6.07 Å². The first kappa shape index (κ1) is 14.7. The molecule has 1 fully saturated rings. The van der Waals surface area contributed by atoms with Crippen LogP contribution in [0.3, 0.4) is 0 Å². The molecule has 1 aromatic rings. The lowest BCUT2D eigenvalue weighted by Gasteiger charge is -2.38. The number of halogens is 1. The van der Waals surface area contributed by atoms with Gasteiger partial charge in [0.05, 0.1) is 16.5 Å². The SMILES string of the molecule is CCCN(C(=O)c1cc([N+](=O)[O-])cnc1Cl)C1CNC1. The highest BCUT2D eigenvalue weighted by atomic mass is 35.5. The molecule has 108 valence electrons. The average molecular weight is 299 g/mol. The number of hydrogen-bond donors (Lipinski definition) is 1. The van der Waals surface area contributed by atoms with Crippen molar-refractivity contribution in [3.05, 3.63) is 33.1 Å². The highest BCUT2D eigenvalue weighted by molar-refractivity contribution is 6.32. The van der Waals surface area contributed by atoms with Crippen molar-refractivity contribution in [3.8, 4) is 0 Å². The number of nitrogens with zero attached hydrogens (tertiary/aromatic N) is 3. The largest absolute Gasteiger partial charge is 0.333 e. The smallest absolute Gasteiger partial charge is 0.288 e. The van der Waals surface area contributed by atoms with E-state index >= 15 is 0 Å². The fourth-order valence-electron chi connectivity index (χ4n) is 2.03. The highest BCUT2D eigenvalue weighted by Gasteiger charge is 2.30. The van der Waals surface area contributed by atoms with Gasteiger partial charge in [-0.15, -0.1) is 0 Å². The Hall–Kier alpha value is -1.73. The molecule has 1 amide bonds. The monoisotopic (exact) mass is 298 g/mol. The van der Waals surface area contributed by atoms with Crippen molar-refractivity contribution in [2.24, 2.45) is 0 Å². The van der Waals surface area contributed by atoms with Crippen LogP contribution < -0.4 is 5.32 Å². The molecule has 0 unspecified atom stereocenters. The molecule has 2 rings (SSSR count). The molecule has 0 bridgehead atoms. The number of nitrogens with one attached hydrogen (secondary N) is 1. The lowest BCUT2D eigenvalue weighted by molar-refractivity contribution is -0.385. The maximum absolute atomic E-state index is 12.5. The molecule has 1 aliphatic rings. The van der Waals surface area contributed by atoms with E-state index in [1.807, 2.05) is 6.92 Å². The summed E-state index contributed by atoms with van der Waals surface area (Å²) in [5.41, 5.74) is -0.151. The fourth-order valence-corrected chi connectivity index (χ4v) is 2.21. The van der Waals surface area contributed by atoms with E-state index in [0.717, 1.165) is 25.7 Å². The zero-order valence-electron chi connectivity index (χ0n) is 11.0. The van der Waals surface area contributed by atoms with Crippen LogP contribution in [0.2, 0.25) is 5.15 Å². The number of nitro groups is 1. The van der Waals surface area contributed by atoms with E-state index in [0.29, 0.717) is 6.54 Å². The summed E-state index contributed by atoms with van der Waals surface area (Å²) >= 11 is 5.91. The molecule has 0 aromatic carbocycles. The van der Waals surface area contributed by atoms with Crippen molar-refractivity contribution in [2.75, 3.05) is 19.6 Å². The molecule has 20 heavy (non-hydrogen) atoms. The number of amides is 1. The van der Waals surface area contributed by atoms with E-state index in [4.69, 9.17) is 11.6 Å². The quantitative estimate of drug-likeness (QED) is 0.505. The minimum absolute atomic E-state index is 0.00557. The number of pyridine rings is 1. The normalized spacial score (nSPS) is 14.7. The van der Waals surface area contributed by atoms with Crippen molar-refractivity contribution >= 4 is 23.2 Å². The minimum atomic E-state index is -0.588. The van der Waals surface area contributed by atoms with E-state index in [9.17, 15) is 14.9 Å². The van der Waals surface area contributed by atoms with Crippen molar-refractivity contribution < 1.29 is 9.72 Å². The third-order valence-corrected chi connectivity index (χ3v) is 3.49. The second-order valence-corrected chi connectivity index (χ2v) is 4.96. The minimum Gasteiger partial charge on any atom is -0.333 e. The van der Waals surface area contributed by atoms with Crippen molar-refractivity contribution in [2.45, 2.75) is 19.4 Å². The van der Waals surface area contributed by atoms with Crippen LogP contribution in [0.1, 0.15) is 23.7 Å². The standard InChI is InChI=1S/C12H15ClN4O3/c1-2-3-16(9-5-14-6-9)12(18)10-4-8(17(19)20)7-15-11(10)13/h4,7,9,14H,2-3,5-6H2,1H3. The van der Waals surface area contributed by atoms with Gasteiger partial charge in [0.1, 0.15) is 11.3 Å². The first-order valence-corrected chi connectivity index (χ1v) is 6.74. The van der Waals surface area contributed by atoms with E-state index in [1.54, 1.807) is 4.90 Å². The Bertz CT molecular complexity index is 533. The first-order chi connectivity index (χ1) is 9.54. The van der Waals surface area contributed by atoms with Crippen LogP contribution in [0.15, 0.2) is 12.3 Å². The molecule has 0 aliphatic carbocycles. The zero-order valence-corrected chi connectivity index (χ0v) is 11.8. The Labute approximate surface area is 121 Å². The lowest BCUT2D eigenvalue weighted by Crippen LogP contribution is -2.59. The second-order valence-electron chi connectivity index (χ2n) is 4.60. The van der Waals surface area contributed by atoms with E-state index in [-0.39, 0.29) is 28.4 Å². The van der Waals surface area contributed by atoms with Gasteiger partial charge < -0.3 is 10.2 Å². The zero-order chi connectivity index (χ0) is 14.7. The maximum atomic E-state index is 12.5. The van der Waals surface area contributed by atoms with Gasteiger partial charge in [0.25, 0.3) is 11.6 Å². The van der Waals surface area contributed by atoms with Crippen molar-refractivity contribution in [3.63, 3.8) is 0 Å². The molecular weight excluding hydrogens is 284 g/mol. The summed E-state index contributed by atoms with van der Waals surface area (Å²) in [7, 11) is 0. The predicted octanol–water partition coefficient (Wildman–Crippen LogP) is 1.47. The maximum Gasteiger partial charge on any atom is 0.288 e. The average Bonchev–Trinajstić information content (AvgIpc) is 2.35. The molecular formula is C12H15ClN4O3. The molecule has 8 heteroatoms. The number of hydrogen-bond acceptors (Lipinski definition) is 5. The third-order valence-electron chi connectivity index (χ3n) is 3.19. The molecule has 7 nitrogen and oxygen atoms in total. The summed E-state index contributed by atoms with van der Waals surface area (Å²) < 4.78 is 0. The molecule has 0 radical (unpaired) electrons. The summed E-state index contributed by atoms with van der Waals surface area (Å²) in [4.78, 5) is 28.1. The Kier molecular flexibility index (Phi) is 4.51. The van der Waals surface area contributed by atoms with Gasteiger partial charge in [-0.1, -0.05) is 18.5 Å². The van der Waals surface area contributed by atoms with Gasteiger partial charge in [-0.25, -0.2) is 4.98 Å². The van der Waals surface area contributed by atoms with Crippen LogP contribution in [0, 0.1) is 10.1 Å². The van der Waals surface area contributed by atoms with Crippen LogP contribution in [0.4, 0.5) is 5.69 Å². The first-order valence-electron chi connectivity index (χ1n) is 6.36. The second kappa shape index (κ2) is 6.15. The Morgan fingerprint density at radius 3 is 2.85 bits per heavy atom. The Balaban J connectivity index is 2.30. The van der Waals surface area contributed by atoms with E-state index < -0.39 is 4.92 Å². The van der Waals surface area contributed by atoms with Gasteiger partial charge in [-0.3, -0.25) is 14.9 Å². The van der Waals surface area contributed by atoms with Gasteiger partial charge in [-0.2, -0.15) is 0 Å². The van der Waals surface area contributed by atoms with Crippen LogP contribution in [-0.4, -0.2) is 46.4 Å². The summed E-state index contributed by atoms with van der Waals surface area (Å²) in [5.74, 6) is -0.306. The number of carbonyl (C=O) groups excluding carboxylic acids is 1. The van der Waals surface area contributed by atoms with Crippen molar-refractivity contribution in [1.29, 1.82) is 0 Å². The predicted molar refractivity (Wildman–Crippen MR) is 73.9 cm³/mol. The summed E-state index contributed by atoms with van der Waals surface area (Å²) in [6.07, 6.45) is 1.86. The third kappa shape index (κ3) is 2.88. The molecule has 0 atom stereocenters. The number of aromatic nitrogens is 1. The van der Waals surface area contributed by atoms with Crippen LogP contribution in [0.5, 0.6) is 0 Å². The highest BCUT2D eigenvalue weighted by Crippen LogP contribution is 2.22. The Morgan fingerprint density at radius 2 is 2.35 bits per heavy atom. The Morgan fingerprint density at radius 1 is 1.65 bits per heavy atom. The van der Waals surface area contributed by atoms with Crippen LogP contribution in [-0.2, 0) is 0 Å². The molecule has 2 heterocycles. The molecule has 1 N–H and O–H groups in total. The topological polar surface area (TPSA) is 88.4 Å². The molecule has 1 aromatic heterocycles. The summed E-state index contributed by atoms with van der Waals surface area (Å²) in [6, 6.07) is 1.30. The summed E-state index contributed by atoms with van der Waals surface area (Å²) in [5, 5.41) is 13.9. The lowest BCUT2D eigenvalue weighted by atomic mass is 10.1. The van der Waals surface area contributed by atoms with Gasteiger partial charge in [0.15, 0.2) is 0 Å². The van der Waals surface area contributed by atoms with Crippen LogP contribution >= 0.6 is 11.6 Å². The molecule has 0 saturated carbocycles. The van der Waals surface area contributed by atoms with Crippen LogP contribution in [0.25, 0.3) is 0 Å². The number of carbonyl (C=O) groups is 1. The molecule has 0 spiro atoms. The van der Waals surface area contributed by atoms with E-state index in [2.05, 4.69) is 10.3 Å². The number of rotatable bonds is 5. The molecule has 1 aliphatic heterocycles. The van der Waals surface area contributed by atoms with Gasteiger partial charge in [0, 0.05) is 25.7 Å².